The molecule has 1 saturated heterocycles. The number of hydrogen-bond donors (Lipinski definition) is 6. The Morgan fingerprint density at radius 1 is 1.40 bits per heavy atom. The molecular formula is C20H19N9O8S3. The summed E-state index contributed by atoms with van der Waals surface area (Å²) in [6.45, 7) is -0.324. The predicted molar refractivity (Wildman–Crippen MR) is 146 cm³/mol. The highest BCUT2D eigenvalue weighted by Gasteiger charge is 2.54. The summed E-state index contributed by atoms with van der Waals surface area (Å²) in [7, 11) is 1.23. The van der Waals surface area contributed by atoms with Gasteiger partial charge >= 0.3 is 17.1 Å². The zero-order chi connectivity index (χ0) is 29.1. The second-order valence-electron chi connectivity index (χ2n) is 7.85. The average molecular weight is 610 g/mol. The van der Waals surface area contributed by atoms with Crippen molar-refractivity contribution in [2.75, 3.05) is 18.6 Å². The smallest absolute Gasteiger partial charge is 0.352 e. The number of allylic oxidation sites excluding steroid dienone is 1. The lowest BCUT2D eigenvalue weighted by atomic mass is 10.0. The summed E-state index contributed by atoms with van der Waals surface area (Å²) in [6, 6.07) is -1.07. The molecule has 4 rings (SSSR count). The number of nitrogen functional groups attached to an aromatic ring is 1. The summed E-state index contributed by atoms with van der Waals surface area (Å²) in [4.78, 5) is 71.8. The lowest BCUT2D eigenvalue weighted by Crippen LogP contribution is -2.71. The monoisotopic (exact) mass is 609 g/mol. The third-order valence-corrected chi connectivity index (χ3v) is 7.80. The van der Waals surface area contributed by atoms with Crippen LogP contribution < -0.4 is 22.2 Å². The Kier molecular flexibility index (Phi) is 8.40. The van der Waals surface area contributed by atoms with Gasteiger partial charge in [-0.25, -0.2) is 14.9 Å². The van der Waals surface area contributed by atoms with E-state index in [1.807, 2.05) is 5.10 Å². The number of aliphatic carboxylic acids is 1. The fourth-order valence-electron chi connectivity index (χ4n) is 3.80. The van der Waals surface area contributed by atoms with Crippen LogP contribution in [0.1, 0.15) is 11.5 Å². The minimum Gasteiger partial charge on any atom is -0.477 e. The summed E-state index contributed by atoms with van der Waals surface area (Å²) < 4.78 is 0.868. The van der Waals surface area contributed by atoms with Crippen molar-refractivity contribution in [3.8, 4) is 0 Å². The van der Waals surface area contributed by atoms with Gasteiger partial charge in [0.1, 0.15) is 29.9 Å². The standard InChI is InChI=1S/C20H19N9O8S3/c1-37-27-10(8-6-40-20(21)23-8)14(30)24-11-16(32)29-12(19(34)35)7(5-39-18(11)29)4-9(38)13-25-26-15(31)17(33)28(13)3-2-22-36/h2,4,6,11,18,36,38H,3,5H2,1H3,(H2,21,23)(H,24,30)(H,26,31)(H,34,35). The molecule has 2 aliphatic rings. The van der Waals surface area contributed by atoms with E-state index in [1.54, 1.807) is 0 Å². The first-order valence-corrected chi connectivity index (χ1v) is 13.3. The minimum absolute atomic E-state index is 0.0201. The van der Waals surface area contributed by atoms with Gasteiger partial charge in [0.25, 0.3) is 11.8 Å². The van der Waals surface area contributed by atoms with Crippen molar-refractivity contribution in [1.82, 2.24) is 30.0 Å². The van der Waals surface area contributed by atoms with Crippen LogP contribution >= 0.6 is 35.7 Å². The summed E-state index contributed by atoms with van der Waals surface area (Å²) in [6.07, 6.45) is 2.23. The van der Waals surface area contributed by atoms with Gasteiger partial charge in [-0.05, 0) is 11.6 Å². The number of amides is 2. The number of nitrogens with zero attached hydrogens (tertiary/aromatic N) is 6. The summed E-state index contributed by atoms with van der Waals surface area (Å²) >= 11 is 6.56. The Morgan fingerprint density at radius 2 is 2.15 bits per heavy atom. The number of carboxylic acids is 1. The molecule has 6 N–H and O–H groups in total. The molecule has 2 aliphatic heterocycles. The molecule has 20 heteroatoms. The fraction of sp³-hybridized carbons (Fsp3) is 0.250. The fourth-order valence-corrected chi connectivity index (χ4v) is 5.98. The molecule has 0 bridgehead atoms. The second kappa shape index (κ2) is 11.8. The van der Waals surface area contributed by atoms with Crippen LogP contribution in [0.4, 0.5) is 5.13 Å². The number of carbonyl (C=O) groups is 3. The highest BCUT2D eigenvalue weighted by Crippen LogP contribution is 2.41. The molecule has 1 fully saturated rings. The third kappa shape index (κ3) is 5.35. The zero-order valence-corrected chi connectivity index (χ0v) is 22.7. The van der Waals surface area contributed by atoms with Crippen LogP contribution in [-0.4, -0.2) is 89.0 Å². The highest BCUT2D eigenvalue weighted by atomic mass is 32.2. The Balaban J connectivity index is 1.62. The molecule has 210 valence electrons. The van der Waals surface area contributed by atoms with Gasteiger partial charge in [0.2, 0.25) is 0 Å². The van der Waals surface area contributed by atoms with Crippen LogP contribution in [0.2, 0.25) is 0 Å². The van der Waals surface area contributed by atoms with Gasteiger partial charge in [0.05, 0.1) is 12.8 Å². The SMILES string of the molecule is CON=C(C(=O)NC1C(=O)N2C(C(=O)O)=C(C=C(S)c3n[nH]c(=O)c(=O)n3CC=NO)CSC12)c1csc(N)n1. The van der Waals surface area contributed by atoms with E-state index < -0.39 is 40.3 Å². The first kappa shape index (κ1) is 28.6. The normalized spacial score (nSPS) is 19.4. The van der Waals surface area contributed by atoms with Crippen molar-refractivity contribution < 1.29 is 29.5 Å². The van der Waals surface area contributed by atoms with Gasteiger partial charge in [0, 0.05) is 16.0 Å². The number of H-pyrrole nitrogens is 1. The van der Waals surface area contributed by atoms with E-state index >= 15 is 0 Å². The molecule has 2 aromatic heterocycles. The minimum atomic E-state index is -1.42. The number of anilines is 1. The number of β-lactam (4-membered cyclic amide) rings is 1. The quantitative estimate of drug-likeness (QED) is 0.0474. The van der Waals surface area contributed by atoms with Crippen LogP contribution in [-0.2, 0) is 25.8 Å². The number of thioether (sulfide) groups is 1. The third-order valence-electron chi connectivity index (χ3n) is 5.49. The lowest BCUT2D eigenvalue weighted by Gasteiger charge is -2.49. The number of thiazole rings is 1. The van der Waals surface area contributed by atoms with Crippen LogP contribution in [0.15, 0.2) is 42.6 Å². The van der Waals surface area contributed by atoms with Crippen molar-refractivity contribution in [3.63, 3.8) is 0 Å². The Hall–Kier alpha value is -4.43. The molecular weight excluding hydrogens is 590 g/mol. The van der Waals surface area contributed by atoms with E-state index in [4.69, 9.17) is 15.8 Å². The number of aromatic nitrogens is 4. The van der Waals surface area contributed by atoms with Crippen molar-refractivity contribution in [3.05, 3.63) is 55.0 Å². The van der Waals surface area contributed by atoms with E-state index in [-0.39, 0.29) is 50.8 Å². The molecule has 4 heterocycles. The molecule has 40 heavy (non-hydrogen) atoms. The Morgan fingerprint density at radius 3 is 2.77 bits per heavy atom. The van der Waals surface area contributed by atoms with E-state index in [0.717, 1.165) is 27.0 Å². The molecule has 2 unspecified atom stereocenters. The molecule has 0 aliphatic carbocycles. The van der Waals surface area contributed by atoms with E-state index in [9.17, 15) is 29.1 Å². The van der Waals surface area contributed by atoms with Gasteiger partial charge < -0.3 is 26.2 Å². The summed E-state index contributed by atoms with van der Waals surface area (Å²) in [5.41, 5.74) is 3.29. The van der Waals surface area contributed by atoms with E-state index in [0.29, 0.717) is 0 Å². The average Bonchev–Trinajstić information content (AvgIpc) is 3.35. The van der Waals surface area contributed by atoms with E-state index in [2.05, 4.69) is 38.3 Å². The maximum absolute atomic E-state index is 13.0. The number of thiol groups is 1. The maximum Gasteiger partial charge on any atom is 0.352 e. The number of carbonyl (C=O) groups excluding carboxylic acids is 2. The van der Waals surface area contributed by atoms with Gasteiger partial charge in [-0.1, -0.05) is 5.16 Å². The number of rotatable bonds is 9. The van der Waals surface area contributed by atoms with Crippen LogP contribution in [0.3, 0.4) is 0 Å². The van der Waals surface area contributed by atoms with Crippen molar-refractivity contribution in [1.29, 1.82) is 0 Å². The number of hydrogen-bond acceptors (Lipinski definition) is 15. The van der Waals surface area contributed by atoms with Crippen molar-refractivity contribution in [2.24, 2.45) is 10.3 Å². The zero-order valence-electron chi connectivity index (χ0n) is 20.2. The number of oxime groups is 2. The second-order valence-corrected chi connectivity index (χ2v) is 10.3. The van der Waals surface area contributed by atoms with Gasteiger partial charge in [-0.15, -0.1) is 40.9 Å². The molecule has 2 amide bonds. The molecule has 0 radical (unpaired) electrons. The van der Waals surface area contributed by atoms with Gasteiger partial charge in [0.15, 0.2) is 16.7 Å². The first-order valence-electron chi connectivity index (χ1n) is 10.9. The molecule has 2 aromatic rings. The van der Waals surface area contributed by atoms with Crippen molar-refractivity contribution >= 4 is 75.5 Å². The number of nitrogens with one attached hydrogen (secondary N) is 2. The first-order chi connectivity index (χ1) is 19.1. The topological polar surface area (TPSA) is 248 Å². The maximum atomic E-state index is 13.0. The molecule has 2 atom stereocenters. The van der Waals surface area contributed by atoms with Crippen LogP contribution in [0, 0.1) is 0 Å². The molecule has 17 nitrogen and oxygen atoms in total. The van der Waals surface area contributed by atoms with Crippen LogP contribution in [0.5, 0.6) is 0 Å². The molecule has 0 aromatic carbocycles. The molecule has 0 spiro atoms. The predicted octanol–water partition coefficient (Wildman–Crippen LogP) is -1.51. The van der Waals surface area contributed by atoms with Crippen LogP contribution in [0.25, 0.3) is 4.91 Å². The Bertz CT molecular complexity index is 1620. The number of fused-ring (bicyclic) bond motifs is 1. The van der Waals surface area contributed by atoms with E-state index in [1.165, 1.54) is 30.3 Å². The molecule has 0 saturated carbocycles. The summed E-state index contributed by atoms with van der Waals surface area (Å²) in [5, 5.41) is 34.4. The van der Waals surface area contributed by atoms with Gasteiger partial charge in [-0.3, -0.25) is 28.6 Å². The summed E-state index contributed by atoms with van der Waals surface area (Å²) in [5.74, 6) is -2.97. The lowest BCUT2D eigenvalue weighted by molar-refractivity contribution is -0.150. The van der Waals surface area contributed by atoms with Crippen molar-refractivity contribution in [2.45, 2.75) is 18.0 Å². The largest absolute Gasteiger partial charge is 0.477 e. The number of carboxylic acid groups (broad SMARTS) is 1. The highest BCUT2D eigenvalue weighted by molar-refractivity contribution is 8.00. The number of nitrogens with two attached hydrogens (primary N) is 1. The Labute approximate surface area is 236 Å². The van der Waals surface area contributed by atoms with Gasteiger partial charge in [-0.2, -0.15) is 5.10 Å². The number of aromatic amines is 1.